The van der Waals surface area contributed by atoms with Gasteiger partial charge in [0.15, 0.2) is 10.0 Å². The average Bonchev–Trinajstić information content (AvgIpc) is 1.66. The number of carbonyl (C=O) groups excluding carboxylic acids is 2. The highest BCUT2D eigenvalue weighted by Crippen LogP contribution is 2.49. The fourth-order valence-electron chi connectivity index (χ4n) is 11.4. The van der Waals surface area contributed by atoms with Crippen LogP contribution in [0.2, 0.25) is 0 Å². The second kappa shape index (κ2) is 28.5. The maximum Gasteiger partial charge on any atom is 0.573 e. The SMILES string of the molecule is COC(=O)c1cc(OC(C)C)c2nc(Br)sc2c1.COC(=O)c1cc(OC(C)C)c2nc(O[C@@H]3CO[C@H]4[C@@H]3OC[C@H]4OCc3c(-c4ccccc4OC(F)(F)F)noc3C3CC3)sc2c1.O[C@@H]1CO[C@H]2[C@@H]1OC[C@H]2OCc1c(-c2ccccc2OC(F)(F)F)noc1C1CC1. The summed E-state index contributed by atoms with van der Waals surface area (Å²) < 4.78 is 163. The lowest BCUT2D eigenvalue weighted by Crippen LogP contribution is -2.35. The van der Waals surface area contributed by atoms with Crippen LogP contribution in [-0.4, -0.2) is 152 Å². The number of ether oxygens (including phenoxy) is 13. The molecule has 6 fully saturated rings. The smallest absolute Gasteiger partial charge is 0.489 e. The Labute approximate surface area is 554 Å². The Morgan fingerprint density at radius 2 is 1.02 bits per heavy atom. The normalized spacial score (nSPS) is 22.3. The number of thiazole rings is 2. The van der Waals surface area contributed by atoms with Crippen molar-refractivity contribution in [1.82, 2.24) is 20.3 Å². The van der Waals surface area contributed by atoms with Crippen LogP contribution in [0, 0.1) is 0 Å². The van der Waals surface area contributed by atoms with Gasteiger partial charge < -0.3 is 75.7 Å². The topological polar surface area (TPSA) is 252 Å². The number of aliphatic hydroxyl groups excluding tert-OH is 1. The van der Waals surface area contributed by atoms with Crippen LogP contribution in [-0.2, 0) is 51.1 Å². The number of halogens is 7. The molecule has 8 heterocycles. The number of nitrogens with zero attached hydrogens (tertiary/aromatic N) is 4. The number of aliphatic hydroxyl groups is 1. The molecule has 6 aliphatic rings. The average molecular weight is 1430 g/mol. The van der Waals surface area contributed by atoms with Crippen LogP contribution in [0.1, 0.15) is 109 Å². The first kappa shape index (κ1) is 67.8. The van der Waals surface area contributed by atoms with Gasteiger partial charge in [-0.15, -0.1) is 37.7 Å². The lowest BCUT2D eigenvalue weighted by Gasteiger charge is -2.18. The van der Waals surface area contributed by atoms with Gasteiger partial charge in [0, 0.05) is 34.1 Å². The fourth-order valence-corrected chi connectivity index (χ4v) is 13.7. The minimum atomic E-state index is -4.87. The van der Waals surface area contributed by atoms with E-state index in [0.29, 0.717) is 60.7 Å². The van der Waals surface area contributed by atoms with E-state index in [2.05, 4.69) is 45.7 Å². The maximum atomic E-state index is 13.1. The molecule has 0 amide bonds. The van der Waals surface area contributed by atoms with Crippen molar-refractivity contribution in [2.75, 3.05) is 40.6 Å². The van der Waals surface area contributed by atoms with Crippen molar-refractivity contribution in [3.05, 3.63) is 110 Å². The molecule has 2 saturated carbocycles. The highest BCUT2D eigenvalue weighted by atomic mass is 79.9. The monoisotopic (exact) mass is 1430 g/mol. The molecule has 31 heteroatoms. The standard InChI is InChI=1S/C32H31F3N2O9S.C20H20F3NO6.C12H12BrNO3S/c1-15(2)43-21-10-17(30(38)39-3)11-24-26(21)36-31(47-24)44-23-14-42-28-22(13-41-29(23)28)40-12-19-25(37-46-27(19)16-8-9-16)18-6-4-5-7-20(18)45-32(33,34)35;21-20(22,23)29-14-4-2-1-3-11(14)16-12(17(30-24-16)10-5-6-10)7-26-15-9-28-18-13(25)8-27-19(15)18;1-6(2)17-8-4-7(11(15)16-3)5-9-10(8)14-12(13)18-9/h4-7,10-11,15-16,22-23,28-29H,8-9,12-14H2,1-3H3;1-4,10,13,15,18-19,25H,5-9H2;4-6H,1-3H3/t22-,23-,28-,29-;13-,15-,18-,19-;/m11./s1. The first-order chi connectivity index (χ1) is 45.5. The Balaban J connectivity index is 0.000000153. The van der Waals surface area contributed by atoms with Gasteiger partial charge in [-0.2, -0.15) is 4.98 Å². The van der Waals surface area contributed by atoms with Gasteiger partial charge in [0.25, 0.3) is 5.19 Å². The van der Waals surface area contributed by atoms with E-state index < -0.39 is 61.4 Å². The molecule has 0 unspecified atom stereocenters. The second-order valence-electron chi connectivity index (χ2n) is 23.4. The van der Waals surface area contributed by atoms with E-state index in [4.69, 9.17) is 61.2 Å². The number of hydrogen-bond donors (Lipinski definition) is 1. The van der Waals surface area contributed by atoms with Crippen LogP contribution < -0.4 is 23.7 Å². The first-order valence-electron chi connectivity index (χ1n) is 30.3. The maximum absolute atomic E-state index is 13.1. The molecule has 95 heavy (non-hydrogen) atoms. The predicted octanol–water partition coefficient (Wildman–Crippen LogP) is 13.2. The van der Waals surface area contributed by atoms with Crippen molar-refractivity contribution in [3.8, 4) is 50.7 Å². The Morgan fingerprint density at radius 3 is 1.49 bits per heavy atom. The third kappa shape index (κ3) is 15.8. The van der Waals surface area contributed by atoms with Crippen molar-refractivity contribution >= 4 is 71.0 Å². The first-order valence-corrected chi connectivity index (χ1v) is 32.7. The number of carbonyl (C=O) groups is 2. The van der Waals surface area contributed by atoms with Crippen molar-refractivity contribution in [2.24, 2.45) is 0 Å². The van der Waals surface area contributed by atoms with Gasteiger partial charge in [-0.25, -0.2) is 14.6 Å². The van der Waals surface area contributed by atoms with E-state index >= 15 is 0 Å². The number of aromatic nitrogens is 4. The molecule has 22 nitrogen and oxygen atoms in total. The highest BCUT2D eigenvalue weighted by molar-refractivity contribution is 9.11. The zero-order valence-corrected chi connectivity index (χ0v) is 54.8. The van der Waals surface area contributed by atoms with Crippen LogP contribution in [0.5, 0.6) is 28.2 Å². The number of benzene rings is 4. The molecular formula is C64H63BrF6N4O18S2. The van der Waals surface area contributed by atoms with Gasteiger partial charge >= 0.3 is 24.7 Å². The van der Waals surface area contributed by atoms with Gasteiger partial charge in [0.1, 0.15) is 99.7 Å². The molecule has 508 valence electrons. The lowest BCUT2D eigenvalue weighted by molar-refractivity contribution is -0.275. The molecule has 0 bridgehead atoms. The Bertz CT molecular complexity index is 4040. The summed E-state index contributed by atoms with van der Waals surface area (Å²) in [5.41, 5.74) is 4.13. The summed E-state index contributed by atoms with van der Waals surface area (Å²) >= 11 is 6.06. The molecule has 4 aliphatic heterocycles. The zero-order chi connectivity index (χ0) is 67.0. The van der Waals surface area contributed by atoms with Crippen molar-refractivity contribution in [2.45, 2.75) is 152 Å². The summed E-state index contributed by atoms with van der Waals surface area (Å²) in [6.45, 7) is 8.60. The van der Waals surface area contributed by atoms with E-state index in [0.717, 1.165) is 39.8 Å². The van der Waals surface area contributed by atoms with E-state index in [-0.39, 0.29) is 110 Å². The van der Waals surface area contributed by atoms with E-state index in [1.807, 2.05) is 27.7 Å². The Kier molecular flexibility index (Phi) is 20.3. The zero-order valence-electron chi connectivity index (χ0n) is 51.6. The molecule has 0 spiro atoms. The van der Waals surface area contributed by atoms with Crippen LogP contribution in [0.15, 0.2) is 85.8 Å². The van der Waals surface area contributed by atoms with Gasteiger partial charge in [0.2, 0.25) is 0 Å². The van der Waals surface area contributed by atoms with Crippen molar-refractivity contribution in [3.63, 3.8) is 0 Å². The summed E-state index contributed by atoms with van der Waals surface area (Å²) in [5.74, 6) is 0.970. The number of alkyl halides is 6. The Hall–Kier alpha value is -7.20. The van der Waals surface area contributed by atoms with Gasteiger partial charge in [0.05, 0.1) is 86.6 Å². The summed E-state index contributed by atoms with van der Waals surface area (Å²) in [4.78, 5) is 32.8. The van der Waals surface area contributed by atoms with Crippen LogP contribution in [0.4, 0.5) is 26.3 Å². The summed E-state index contributed by atoms with van der Waals surface area (Å²) in [6.07, 6.45) is -9.96. The summed E-state index contributed by atoms with van der Waals surface area (Å²) in [5, 5.41) is 18.4. The number of methoxy groups -OCH3 is 2. The van der Waals surface area contributed by atoms with E-state index in [9.17, 15) is 41.0 Å². The molecular weight excluding hydrogens is 1370 g/mol. The van der Waals surface area contributed by atoms with Crippen molar-refractivity contribution in [1.29, 1.82) is 0 Å². The third-order valence-corrected chi connectivity index (χ3v) is 18.1. The molecule has 2 aliphatic carbocycles. The minimum Gasteiger partial charge on any atom is -0.489 e. The summed E-state index contributed by atoms with van der Waals surface area (Å²) in [7, 11) is 2.67. The third-order valence-electron chi connectivity index (χ3n) is 15.8. The van der Waals surface area contributed by atoms with E-state index in [1.165, 1.54) is 73.3 Å². The van der Waals surface area contributed by atoms with Gasteiger partial charge in [-0.3, -0.25) is 0 Å². The second-order valence-corrected chi connectivity index (χ2v) is 26.7. The molecule has 4 saturated heterocycles. The number of esters is 2. The summed E-state index contributed by atoms with van der Waals surface area (Å²) in [6, 6.07) is 18.3. The van der Waals surface area contributed by atoms with E-state index in [1.54, 1.807) is 36.4 Å². The number of hydrogen-bond acceptors (Lipinski definition) is 24. The molecule has 0 radical (unpaired) electrons. The van der Waals surface area contributed by atoms with Crippen LogP contribution in [0.25, 0.3) is 42.9 Å². The molecule has 8 aromatic rings. The molecule has 1 N–H and O–H groups in total. The van der Waals surface area contributed by atoms with Gasteiger partial charge in [-0.05, 0) is 118 Å². The quantitative estimate of drug-likeness (QED) is 0.0550. The highest BCUT2D eigenvalue weighted by Gasteiger charge is 2.51. The predicted molar refractivity (Wildman–Crippen MR) is 329 cm³/mol. The molecule has 4 aromatic carbocycles. The molecule has 14 rings (SSSR count). The van der Waals surface area contributed by atoms with Crippen LogP contribution >= 0.6 is 38.6 Å². The van der Waals surface area contributed by atoms with Gasteiger partial charge in [-0.1, -0.05) is 45.9 Å². The molecule has 4 aromatic heterocycles. The minimum absolute atomic E-state index is 0.0153. The van der Waals surface area contributed by atoms with Crippen LogP contribution in [0.3, 0.4) is 0 Å². The number of rotatable bonds is 20. The Morgan fingerprint density at radius 1 is 0.589 bits per heavy atom. The number of para-hydroxylation sites is 2. The molecule has 8 atom stereocenters. The fraction of sp³-hybridized carbons (Fsp3) is 0.469. The lowest BCUT2D eigenvalue weighted by atomic mass is 10.0. The van der Waals surface area contributed by atoms with Crippen molar-refractivity contribution < 1.29 is 112 Å². The largest absolute Gasteiger partial charge is 0.573 e. The number of fused-ring (bicyclic) bond motifs is 4.